The van der Waals surface area contributed by atoms with Crippen molar-refractivity contribution in [3.8, 4) is 5.69 Å². The molecule has 1 saturated carbocycles. The fourth-order valence-corrected chi connectivity index (χ4v) is 3.90. The first-order valence-electron chi connectivity index (χ1n) is 9.61. The number of benzene rings is 1. The van der Waals surface area contributed by atoms with Crippen LogP contribution in [-0.2, 0) is 9.59 Å². The summed E-state index contributed by atoms with van der Waals surface area (Å²) in [5.41, 5.74) is 1.07. The zero-order chi connectivity index (χ0) is 19.3. The van der Waals surface area contributed by atoms with E-state index in [9.17, 15) is 14.7 Å². The van der Waals surface area contributed by atoms with Crippen LogP contribution in [0.25, 0.3) is 5.69 Å². The zero-order valence-corrected chi connectivity index (χ0v) is 15.7. The number of carboxylic acid groups (broad SMARTS) is 1. The van der Waals surface area contributed by atoms with Crippen molar-refractivity contribution < 1.29 is 14.7 Å². The Kier molecular flexibility index (Phi) is 5.94. The predicted molar refractivity (Wildman–Crippen MR) is 103 cm³/mol. The highest BCUT2D eigenvalue weighted by Gasteiger charge is 2.40. The topological polar surface area (TPSA) is 84.2 Å². The molecule has 1 fully saturated rings. The molecule has 0 unspecified atom stereocenters. The standard InChI is InChI=1S/C21H27N3O3/c1-16(17-6-8-18(9-7-17)24-13-12-22-15-24)23-19(25)14-21(20(26)27)10-4-2-3-5-11-21/h6-9,12-13,15-16H,2-5,10-11,14H2,1H3,(H,23,25)(H,26,27)/t16-/m1/s1. The molecule has 1 aromatic heterocycles. The minimum Gasteiger partial charge on any atom is -0.481 e. The summed E-state index contributed by atoms with van der Waals surface area (Å²) in [6.45, 7) is 1.92. The first-order valence-corrected chi connectivity index (χ1v) is 9.61. The molecule has 0 aliphatic heterocycles. The second-order valence-electron chi connectivity index (χ2n) is 7.53. The highest BCUT2D eigenvalue weighted by atomic mass is 16.4. The fourth-order valence-electron chi connectivity index (χ4n) is 3.90. The largest absolute Gasteiger partial charge is 0.481 e. The van der Waals surface area contributed by atoms with Gasteiger partial charge in [0.1, 0.15) is 0 Å². The van der Waals surface area contributed by atoms with Gasteiger partial charge >= 0.3 is 5.97 Å². The summed E-state index contributed by atoms with van der Waals surface area (Å²) in [6.07, 6.45) is 10.4. The predicted octanol–water partition coefficient (Wildman–Crippen LogP) is 3.86. The lowest BCUT2D eigenvalue weighted by Crippen LogP contribution is -2.38. The number of carboxylic acids is 1. The summed E-state index contributed by atoms with van der Waals surface area (Å²) in [5, 5.41) is 12.7. The molecule has 1 amide bonds. The van der Waals surface area contributed by atoms with Crippen molar-refractivity contribution in [2.75, 3.05) is 0 Å². The Labute approximate surface area is 159 Å². The van der Waals surface area contributed by atoms with E-state index in [-0.39, 0.29) is 18.4 Å². The lowest BCUT2D eigenvalue weighted by atomic mass is 9.77. The average molecular weight is 369 g/mol. The Morgan fingerprint density at radius 1 is 1.19 bits per heavy atom. The number of aromatic nitrogens is 2. The van der Waals surface area contributed by atoms with E-state index < -0.39 is 11.4 Å². The smallest absolute Gasteiger partial charge is 0.310 e. The van der Waals surface area contributed by atoms with E-state index in [4.69, 9.17) is 0 Å². The number of nitrogens with zero attached hydrogens (tertiary/aromatic N) is 2. The molecule has 0 radical (unpaired) electrons. The maximum absolute atomic E-state index is 12.6. The van der Waals surface area contributed by atoms with Gasteiger partial charge in [-0.3, -0.25) is 9.59 Å². The molecule has 2 N–H and O–H groups in total. The van der Waals surface area contributed by atoms with Gasteiger partial charge in [0.25, 0.3) is 0 Å². The molecule has 2 aromatic rings. The van der Waals surface area contributed by atoms with Crippen molar-refractivity contribution in [3.05, 3.63) is 48.5 Å². The minimum atomic E-state index is -0.911. The number of rotatable bonds is 6. The Morgan fingerprint density at radius 2 is 1.85 bits per heavy atom. The van der Waals surface area contributed by atoms with E-state index in [1.54, 1.807) is 12.5 Å². The number of imidazole rings is 1. The number of hydrogen-bond acceptors (Lipinski definition) is 3. The monoisotopic (exact) mass is 369 g/mol. The Hall–Kier alpha value is -2.63. The van der Waals surface area contributed by atoms with Crippen LogP contribution >= 0.6 is 0 Å². The molecule has 1 aliphatic carbocycles. The van der Waals surface area contributed by atoms with Crippen molar-refractivity contribution in [2.45, 2.75) is 57.9 Å². The van der Waals surface area contributed by atoms with Crippen LogP contribution in [0.4, 0.5) is 0 Å². The molecule has 27 heavy (non-hydrogen) atoms. The van der Waals surface area contributed by atoms with Crippen LogP contribution < -0.4 is 5.32 Å². The molecule has 0 bridgehead atoms. The van der Waals surface area contributed by atoms with Crippen LogP contribution in [0.1, 0.15) is 63.5 Å². The first kappa shape index (κ1) is 19.1. The Bertz CT molecular complexity index is 760. The zero-order valence-electron chi connectivity index (χ0n) is 15.7. The van der Waals surface area contributed by atoms with Gasteiger partial charge in [0, 0.05) is 24.5 Å². The van der Waals surface area contributed by atoms with Crippen molar-refractivity contribution in [1.29, 1.82) is 0 Å². The summed E-state index contributed by atoms with van der Waals surface area (Å²) < 4.78 is 1.91. The van der Waals surface area contributed by atoms with Crippen LogP contribution in [0.5, 0.6) is 0 Å². The molecule has 6 heteroatoms. The second kappa shape index (κ2) is 8.37. The number of nitrogens with one attached hydrogen (secondary N) is 1. The molecular weight excluding hydrogens is 342 g/mol. The summed E-state index contributed by atoms with van der Waals surface area (Å²) >= 11 is 0. The Morgan fingerprint density at radius 3 is 2.41 bits per heavy atom. The van der Waals surface area contributed by atoms with Crippen LogP contribution in [-0.4, -0.2) is 26.5 Å². The van der Waals surface area contributed by atoms with E-state index in [0.717, 1.165) is 36.9 Å². The van der Waals surface area contributed by atoms with Crippen LogP contribution in [0, 0.1) is 5.41 Å². The summed E-state index contributed by atoms with van der Waals surface area (Å²) in [4.78, 5) is 28.5. The molecule has 1 aliphatic rings. The van der Waals surface area contributed by atoms with E-state index >= 15 is 0 Å². The highest BCUT2D eigenvalue weighted by molar-refractivity contribution is 5.85. The number of amides is 1. The average Bonchev–Trinajstić information content (AvgIpc) is 3.08. The van der Waals surface area contributed by atoms with Gasteiger partial charge in [0.05, 0.1) is 17.8 Å². The van der Waals surface area contributed by atoms with Crippen molar-refractivity contribution >= 4 is 11.9 Å². The van der Waals surface area contributed by atoms with Gasteiger partial charge in [-0.25, -0.2) is 4.98 Å². The fraction of sp³-hybridized carbons (Fsp3) is 0.476. The summed E-state index contributed by atoms with van der Waals surface area (Å²) in [6, 6.07) is 7.72. The molecule has 0 spiro atoms. The molecule has 6 nitrogen and oxygen atoms in total. The summed E-state index contributed by atoms with van der Waals surface area (Å²) in [5.74, 6) is -1.03. The SMILES string of the molecule is C[C@@H](NC(=O)CC1(C(=O)O)CCCCCC1)c1ccc(-n2ccnc2)cc1. The van der Waals surface area contributed by atoms with Gasteiger partial charge in [-0.2, -0.15) is 0 Å². The highest BCUT2D eigenvalue weighted by Crippen LogP contribution is 2.38. The van der Waals surface area contributed by atoms with Crippen LogP contribution in [0.2, 0.25) is 0 Å². The normalized spacial score (nSPS) is 17.7. The first-order chi connectivity index (χ1) is 13.0. The molecule has 0 saturated heterocycles. The van der Waals surface area contributed by atoms with Gasteiger partial charge in [0.2, 0.25) is 5.91 Å². The summed E-state index contributed by atoms with van der Waals surface area (Å²) in [7, 11) is 0. The molecular formula is C21H27N3O3. The maximum Gasteiger partial charge on any atom is 0.310 e. The van der Waals surface area contributed by atoms with E-state index in [0.29, 0.717) is 12.8 Å². The lowest BCUT2D eigenvalue weighted by molar-refractivity contribution is -0.153. The molecule has 1 aromatic carbocycles. The van der Waals surface area contributed by atoms with E-state index in [2.05, 4.69) is 10.3 Å². The number of aliphatic carboxylic acids is 1. The van der Waals surface area contributed by atoms with E-state index in [1.165, 1.54) is 0 Å². The second-order valence-corrected chi connectivity index (χ2v) is 7.53. The molecule has 1 heterocycles. The molecule has 3 rings (SSSR count). The van der Waals surface area contributed by atoms with Crippen LogP contribution in [0.3, 0.4) is 0 Å². The van der Waals surface area contributed by atoms with Gasteiger partial charge < -0.3 is 15.0 Å². The van der Waals surface area contributed by atoms with Gasteiger partial charge in [-0.1, -0.05) is 37.8 Å². The number of carbonyl (C=O) groups is 2. The third-order valence-electron chi connectivity index (χ3n) is 5.59. The molecule has 144 valence electrons. The van der Waals surface area contributed by atoms with Gasteiger partial charge in [-0.15, -0.1) is 0 Å². The van der Waals surface area contributed by atoms with Crippen molar-refractivity contribution in [2.24, 2.45) is 5.41 Å². The Balaban J connectivity index is 1.63. The van der Waals surface area contributed by atoms with Crippen molar-refractivity contribution in [3.63, 3.8) is 0 Å². The van der Waals surface area contributed by atoms with Gasteiger partial charge in [0.15, 0.2) is 0 Å². The number of carbonyl (C=O) groups excluding carboxylic acids is 1. The lowest BCUT2D eigenvalue weighted by Gasteiger charge is -2.28. The van der Waals surface area contributed by atoms with Crippen LogP contribution in [0.15, 0.2) is 43.0 Å². The molecule has 1 atom stereocenters. The van der Waals surface area contributed by atoms with Crippen molar-refractivity contribution in [1.82, 2.24) is 14.9 Å². The van der Waals surface area contributed by atoms with Gasteiger partial charge in [-0.05, 0) is 37.5 Å². The third-order valence-corrected chi connectivity index (χ3v) is 5.59. The third kappa shape index (κ3) is 4.56. The number of hydrogen-bond donors (Lipinski definition) is 2. The maximum atomic E-state index is 12.6. The minimum absolute atomic E-state index is 0.0554. The van der Waals surface area contributed by atoms with E-state index in [1.807, 2.05) is 42.0 Å². The quantitative estimate of drug-likeness (QED) is 0.757.